The minimum atomic E-state index is -0.492. The molecule has 1 aliphatic rings. The molecular weight excluding hydrogens is 446 g/mol. The zero-order valence-electron chi connectivity index (χ0n) is 20.7. The first-order chi connectivity index (χ1) is 16.8. The number of amides is 1. The second kappa shape index (κ2) is 10.8. The number of rotatable bonds is 7. The van der Waals surface area contributed by atoms with Crippen LogP contribution in [0.2, 0.25) is 0 Å². The molecule has 1 saturated carbocycles. The molecule has 0 atom stereocenters. The van der Waals surface area contributed by atoms with E-state index >= 15 is 0 Å². The van der Waals surface area contributed by atoms with Gasteiger partial charge in [0.1, 0.15) is 29.1 Å². The molecule has 0 spiro atoms. The Labute approximate surface area is 205 Å². The highest BCUT2D eigenvalue weighted by Gasteiger charge is 2.25. The Balaban J connectivity index is 1.35. The van der Waals surface area contributed by atoms with Crippen LogP contribution < -0.4 is 14.8 Å². The number of nitrogens with one attached hydrogen (secondary N) is 1. The summed E-state index contributed by atoms with van der Waals surface area (Å²) in [6.07, 6.45) is 10.3. The number of methoxy groups -OCH3 is 1. The fourth-order valence-corrected chi connectivity index (χ4v) is 4.19. The predicted octanol–water partition coefficient (Wildman–Crippen LogP) is 4.80. The molecule has 0 bridgehead atoms. The topological polar surface area (TPSA) is 100 Å². The molecule has 1 N–H and O–H groups in total. The van der Waals surface area contributed by atoms with Crippen molar-refractivity contribution in [2.75, 3.05) is 13.7 Å². The Morgan fingerprint density at radius 1 is 1.11 bits per heavy atom. The summed E-state index contributed by atoms with van der Waals surface area (Å²) in [5.41, 5.74) is 1.88. The molecular formula is C26H33N5O4. The largest absolute Gasteiger partial charge is 0.494 e. The molecule has 1 aliphatic carbocycles. The minimum absolute atomic E-state index is 0.137. The van der Waals surface area contributed by atoms with E-state index in [0.717, 1.165) is 42.7 Å². The van der Waals surface area contributed by atoms with E-state index in [9.17, 15) is 4.79 Å². The molecule has 0 radical (unpaired) electrons. The standard InChI is InChI=1S/C26H33N5O4/c1-26(2,3)35-25(32)30-20-11-9-18(10-12-20)16-34-23-14-27-17-28-24(23)19-13-29-31(15-19)21-7-5-6-8-22(21)33-4/h5-8,13-15,17-18,20H,9-12,16H2,1-4H3,(H,30,32)/t18-,20+. The summed E-state index contributed by atoms with van der Waals surface area (Å²) in [6, 6.07) is 7.84. The fraction of sp³-hybridized carbons (Fsp3) is 0.462. The summed E-state index contributed by atoms with van der Waals surface area (Å²) >= 11 is 0. The number of ether oxygens (including phenoxy) is 3. The van der Waals surface area contributed by atoms with Crippen LogP contribution in [0.4, 0.5) is 4.79 Å². The highest BCUT2D eigenvalue weighted by Crippen LogP contribution is 2.31. The summed E-state index contributed by atoms with van der Waals surface area (Å²) in [7, 11) is 1.64. The Morgan fingerprint density at radius 2 is 1.89 bits per heavy atom. The van der Waals surface area contributed by atoms with E-state index in [1.807, 2.05) is 51.2 Å². The van der Waals surface area contributed by atoms with Gasteiger partial charge in [-0.2, -0.15) is 5.10 Å². The summed E-state index contributed by atoms with van der Waals surface area (Å²) in [5.74, 6) is 1.76. The number of carbonyl (C=O) groups excluding carboxylic acids is 1. The van der Waals surface area contributed by atoms with Gasteiger partial charge in [-0.25, -0.2) is 19.4 Å². The first-order valence-corrected chi connectivity index (χ1v) is 11.9. The third kappa shape index (κ3) is 6.49. The van der Waals surface area contributed by atoms with Gasteiger partial charge in [0.15, 0.2) is 5.75 Å². The van der Waals surface area contributed by atoms with Gasteiger partial charge < -0.3 is 19.5 Å². The minimum Gasteiger partial charge on any atom is -0.494 e. The van der Waals surface area contributed by atoms with E-state index in [0.29, 0.717) is 24.0 Å². The number of nitrogens with zero attached hydrogens (tertiary/aromatic N) is 4. The molecule has 9 nitrogen and oxygen atoms in total. The van der Waals surface area contributed by atoms with E-state index in [-0.39, 0.29) is 12.1 Å². The molecule has 3 aromatic rings. The number of para-hydroxylation sites is 2. The van der Waals surface area contributed by atoms with Crippen LogP contribution in [0.5, 0.6) is 11.5 Å². The molecule has 186 valence electrons. The third-order valence-electron chi connectivity index (χ3n) is 5.91. The highest BCUT2D eigenvalue weighted by molar-refractivity contribution is 5.68. The van der Waals surface area contributed by atoms with E-state index in [1.54, 1.807) is 24.2 Å². The molecule has 35 heavy (non-hydrogen) atoms. The van der Waals surface area contributed by atoms with Crippen molar-refractivity contribution in [1.29, 1.82) is 0 Å². The van der Waals surface area contributed by atoms with Gasteiger partial charge in [0.05, 0.1) is 26.1 Å². The molecule has 1 aromatic carbocycles. The van der Waals surface area contributed by atoms with Gasteiger partial charge in [-0.1, -0.05) is 12.1 Å². The SMILES string of the molecule is COc1ccccc1-n1cc(-c2ncncc2OC[C@H]2CC[C@@H](NC(=O)OC(C)(C)C)CC2)cn1. The van der Waals surface area contributed by atoms with Crippen LogP contribution >= 0.6 is 0 Å². The van der Waals surface area contributed by atoms with Gasteiger partial charge in [0, 0.05) is 17.8 Å². The van der Waals surface area contributed by atoms with Crippen molar-refractivity contribution < 1.29 is 19.0 Å². The average molecular weight is 480 g/mol. The Bertz CT molecular complexity index is 1130. The predicted molar refractivity (Wildman–Crippen MR) is 132 cm³/mol. The van der Waals surface area contributed by atoms with Crippen LogP contribution in [0.3, 0.4) is 0 Å². The number of alkyl carbamates (subject to hydrolysis) is 1. The lowest BCUT2D eigenvalue weighted by atomic mass is 9.86. The van der Waals surface area contributed by atoms with Gasteiger partial charge in [0.25, 0.3) is 0 Å². The van der Waals surface area contributed by atoms with Gasteiger partial charge in [-0.3, -0.25) is 0 Å². The molecule has 1 fully saturated rings. The number of carbonyl (C=O) groups is 1. The molecule has 4 rings (SSSR count). The van der Waals surface area contributed by atoms with Crippen LogP contribution in [-0.4, -0.2) is 51.2 Å². The zero-order chi connectivity index (χ0) is 24.8. The van der Waals surface area contributed by atoms with Crippen molar-refractivity contribution in [3.05, 3.63) is 49.2 Å². The van der Waals surface area contributed by atoms with Gasteiger partial charge in [-0.05, 0) is 64.5 Å². The number of aromatic nitrogens is 4. The smallest absolute Gasteiger partial charge is 0.407 e. The first-order valence-electron chi connectivity index (χ1n) is 11.9. The maximum atomic E-state index is 12.0. The molecule has 0 saturated heterocycles. The monoisotopic (exact) mass is 479 g/mol. The van der Waals surface area contributed by atoms with Crippen LogP contribution in [-0.2, 0) is 4.74 Å². The molecule has 0 aliphatic heterocycles. The van der Waals surface area contributed by atoms with Crippen LogP contribution in [0.15, 0.2) is 49.2 Å². The summed E-state index contributed by atoms with van der Waals surface area (Å²) in [6.45, 7) is 6.17. The number of hydrogen-bond donors (Lipinski definition) is 1. The zero-order valence-corrected chi connectivity index (χ0v) is 20.7. The summed E-state index contributed by atoms with van der Waals surface area (Å²) in [4.78, 5) is 20.6. The first kappa shape index (κ1) is 24.5. The molecule has 1 amide bonds. The fourth-order valence-electron chi connectivity index (χ4n) is 4.19. The number of benzene rings is 1. The summed E-state index contributed by atoms with van der Waals surface area (Å²) in [5, 5.41) is 7.48. The van der Waals surface area contributed by atoms with E-state index in [2.05, 4.69) is 20.4 Å². The summed E-state index contributed by atoms with van der Waals surface area (Å²) < 4.78 is 18.8. The van der Waals surface area contributed by atoms with Gasteiger partial charge in [-0.15, -0.1) is 0 Å². The normalized spacial score (nSPS) is 18.1. The second-order valence-corrected chi connectivity index (χ2v) is 9.76. The maximum Gasteiger partial charge on any atom is 0.407 e. The van der Waals surface area contributed by atoms with Crippen molar-refractivity contribution in [3.63, 3.8) is 0 Å². The van der Waals surface area contributed by atoms with Crippen molar-refractivity contribution in [1.82, 2.24) is 25.1 Å². The van der Waals surface area contributed by atoms with E-state index < -0.39 is 5.60 Å². The van der Waals surface area contributed by atoms with Crippen molar-refractivity contribution in [3.8, 4) is 28.4 Å². The lowest BCUT2D eigenvalue weighted by Gasteiger charge is -2.30. The lowest BCUT2D eigenvalue weighted by Crippen LogP contribution is -2.41. The van der Waals surface area contributed by atoms with Crippen LogP contribution in [0.25, 0.3) is 16.9 Å². The van der Waals surface area contributed by atoms with Crippen LogP contribution in [0, 0.1) is 5.92 Å². The second-order valence-electron chi connectivity index (χ2n) is 9.76. The molecule has 0 unspecified atom stereocenters. The van der Waals surface area contributed by atoms with E-state index in [1.165, 1.54) is 6.33 Å². The van der Waals surface area contributed by atoms with Gasteiger partial charge >= 0.3 is 6.09 Å². The molecule has 2 heterocycles. The van der Waals surface area contributed by atoms with Crippen LogP contribution in [0.1, 0.15) is 46.5 Å². The molecule has 9 heteroatoms. The third-order valence-corrected chi connectivity index (χ3v) is 5.91. The maximum absolute atomic E-state index is 12.0. The van der Waals surface area contributed by atoms with Gasteiger partial charge in [0.2, 0.25) is 0 Å². The van der Waals surface area contributed by atoms with Crippen molar-refractivity contribution >= 4 is 6.09 Å². The Kier molecular flexibility index (Phi) is 7.53. The molecule has 2 aromatic heterocycles. The number of hydrogen-bond acceptors (Lipinski definition) is 7. The van der Waals surface area contributed by atoms with E-state index in [4.69, 9.17) is 14.2 Å². The van der Waals surface area contributed by atoms with Crippen molar-refractivity contribution in [2.45, 2.75) is 58.1 Å². The Hall–Kier alpha value is -3.62. The average Bonchev–Trinajstić information content (AvgIpc) is 3.32. The quantitative estimate of drug-likeness (QED) is 0.519. The van der Waals surface area contributed by atoms with Crippen molar-refractivity contribution in [2.24, 2.45) is 5.92 Å². The Morgan fingerprint density at radius 3 is 2.63 bits per heavy atom. The lowest BCUT2D eigenvalue weighted by molar-refractivity contribution is 0.0483. The highest BCUT2D eigenvalue weighted by atomic mass is 16.6.